The Bertz CT molecular complexity index is 401. The zero-order chi connectivity index (χ0) is 15.1. The first-order valence-corrected chi connectivity index (χ1v) is 8.59. The largest absolute Gasteiger partial charge is 0.370 e. The number of hydrogen-bond acceptors (Lipinski definition) is 4. The van der Waals surface area contributed by atoms with E-state index in [0.29, 0.717) is 6.04 Å². The summed E-state index contributed by atoms with van der Waals surface area (Å²) in [5.74, 6) is 3.01. The zero-order valence-corrected chi connectivity index (χ0v) is 13.9. The van der Waals surface area contributed by atoms with Gasteiger partial charge in [0.1, 0.15) is 17.5 Å². The molecule has 1 aliphatic rings. The highest BCUT2D eigenvalue weighted by atomic mass is 15.2. The first-order chi connectivity index (χ1) is 10.2. The van der Waals surface area contributed by atoms with Crippen LogP contribution in [0, 0.1) is 0 Å². The van der Waals surface area contributed by atoms with E-state index < -0.39 is 0 Å². The summed E-state index contributed by atoms with van der Waals surface area (Å²) in [6, 6.07) is 2.74. The molecule has 4 heteroatoms. The van der Waals surface area contributed by atoms with Gasteiger partial charge >= 0.3 is 0 Å². The standard InChI is InChI=1S/C17H30N4/c1-4-10-15-19-16(18-5-2)13-17(20-15)21(3)14-11-8-6-7-9-12-14/h13-14H,4-12H2,1-3H3,(H,18,19,20). The monoisotopic (exact) mass is 290 g/mol. The molecule has 1 aromatic heterocycles. The van der Waals surface area contributed by atoms with Gasteiger partial charge in [0.05, 0.1) is 0 Å². The molecule has 1 fully saturated rings. The van der Waals surface area contributed by atoms with Gasteiger partial charge in [0.25, 0.3) is 0 Å². The summed E-state index contributed by atoms with van der Waals surface area (Å²) >= 11 is 0. The molecule has 1 heterocycles. The normalized spacial score (nSPS) is 16.5. The van der Waals surface area contributed by atoms with Crippen molar-refractivity contribution < 1.29 is 0 Å². The Morgan fingerprint density at radius 1 is 1.14 bits per heavy atom. The van der Waals surface area contributed by atoms with Crippen LogP contribution in [0.5, 0.6) is 0 Å². The van der Waals surface area contributed by atoms with E-state index in [1.165, 1.54) is 38.5 Å². The number of nitrogens with zero attached hydrogens (tertiary/aromatic N) is 3. The van der Waals surface area contributed by atoms with Gasteiger partial charge in [-0.3, -0.25) is 0 Å². The summed E-state index contributed by atoms with van der Waals surface area (Å²) in [6.07, 6.45) is 10.1. The lowest BCUT2D eigenvalue weighted by Gasteiger charge is -2.28. The molecule has 0 bridgehead atoms. The number of nitrogens with one attached hydrogen (secondary N) is 1. The maximum Gasteiger partial charge on any atom is 0.134 e. The SMILES string of the molecule is CCCc1nc(NCC)cc(N(C)C2CCCCCC2)n1. The van der Waals surface area contributed by atoms with Crippen LogP contribution in [0.15, 0.2) is 6.07 Å². The Morgan fingerprint density at radius 2 is 1.86 bits per heavy atom. The van der Waals surface area contributed by atoms with Crippen LogP contribution in [-0.2, 0) is 6.42 Å². The van der Waals surface area contributed by atoms with E-state index >= 15 is 0 Å². The lowest BCUT2D eigenvalue weighted by molar-refractivity contribution is 0.548. The van der Waals surface area contributed by atoms with Crippen LogP contribution < -0.4 is 10.2 Å². The quantitative estimate of drug-likeness (QED) is 0.803. The molecule has 0 saturated heterocycles. The first kappa shape index (κ1) is 16.1. The van der Waals surface area contributed by atoms with Gasteiger partial charge in [-0.15, -0.1) is 0 Å². The highest BCUT2D eigenvalue weighted by Gasteiger charge is 2.19. The average molecular weight is 290 g/mol. The second-order valence-corrected chi connectivity index (χ2v) is 6.06. The predicted octanol–water partition coefficient (Wildman–Crippen LogP) is 4.02. The smallest absolute Gasteiger partial charge is 0.134 e. The summed E-state index contributed by atoms with van der Waals surface area (Å²) in [7, 11) is 2.20. The van der Waals surface area contributed by atoms with Gasteiger partial charge in [-0.05, 0) is 26.2 Å². The van der Waals surface area contributed by atoms with E-state index in [2.05, 4.69) is 42.2 Å². The highest BCUT2D eigenvalue weighted by molar-refractivity contribution is 5.49. The molecular formula is C17H30N4. The third kappa shape index (κ3) is 4.58. The molecule has 0 radical (unpaired) electrons. The summed E-state index contributed by atoms with van der Waals surface area (Å²) in [4.78, 5) is 11.8. The summed E-state index contributed by atoms with van der Waals surface area (Å²) < 4.78 is 0. The number of hydrogen-bond donors (Lipinski definition) is 1. The van der Waals surface area contributed by atoms with Gasteiger partial charge < -0.3 is 10.2 Å². The molecule has 0 amide bonds. The van der Waals surface area contributed by atoms with Crippen LogP contribution in [0.25, 0.3) is 0 Å². The lowest BCUT2D eigenvalue weighted by atomic mass is 10.1. The second-order valence-electron chi connectivity index (χ2n) is 6.06. The van der Waals surface area contributed by atoms with Crippen LogP contribution in [0.1, 0.15) is 64.6 Å². The predicted molar refractivity (Wildman–Crippen MR) is 90.1 cm³/mol. The van der Waals surface area contributed by atoms with Crippen LogP contribution in [-0.4, -0.2) is 29.6 Å². The van der Waals surface area contributed by atoms with E-state index in [4.69, 9.17) is 4.98 Å². The van der Waals surface area contributed by atoms with Crippen LogP contribution in [0.4, 0.5) is 11.6 Å². The minimum atomic E-state index is 0.631. The van der Waals surface area contributed by atoms with E-state index in [1.807, 2.05) is 0 Å². The van der Waals surface area contributed by atoms with Gasteiger partial charge in [0.15, 0.2) is 0 Å². The Hall–Kier alpha value is -1.32. The molecule has 0 aromatic carbocycles. The molecule has 118 valence electrons. The van der Waals surface area contributed by atoms with Crippen molar-refractivity contribution in [2.24, 2.45) is 0 Å². The number of aromatic nitrogens is 2. The Morgan fingerprint density at radius 3 is 2.48 bits per heavy atom. The summed E-state index contributed by atoms with van der Waals surface area (Å²) in [6.45, 7) is 5.18. The minimum Gasteiger partial charge on any atom is -0.370 e. The maximum atomic E-state index is 4.79. The molecule has 0 unspecified atom stereocenters. The Balaban J connectivity index is 2.18. The van der Waals surface area contributed by atoms with E-state index in [9.17, 15) is 0 Å². The number of rotatable bonds is 6. The van der Waals surface area contributed by atoms with E-state index in [1.54, 1.807) is 0 Å². The maximum absolute atomic E-state index is 4.79. The summed E-state index contributed by atoms with van der Waals surface area (Å²) in [5, 5.41) is 3.34. The molecular weight excluding hydrogens is 260 g/mol. The third-order valence-electron chi connectivity index (χ3n) is 4.32. The molecule has 0 atom stereocenters. The van der Waals surface area contributed by atoms with E-state index in [-0.39, 0.29) is 0 Å². The topological polar surface area (TPSA) is 41.1 Å². The molecule has 1 N–H and O–H groups in total. The number of aryl methyl sites for hydroxylation is 1. The molecule has 0 aliphatic heterocycles. The van der Waals surface area contributed by atoms with Gasteiger partial charge in [0.2, 0.25) is 0 Å². The molecule has 4 nitrogen and oxygen atoms in total. The van der Waals surface area contributed by atoms with Crippen LogP contribution in [0.3, 0.4) is 0 Å². The van der Waals surface area contributed by atoms with Crippen LogP contribution >= 0.6 is 0 Å². The molecule has 1 aliphatic carbocycles. The van der Waals surface area contributed by atoms with Crippen molar-refractivity contribution in [3.63, 3.8) is 0 Å². The number of anilines is 2. The average Bonchev–Trinajstić information content (AvgIpc) is 2.76. The highest BCUT2D eigenvalue weighted by Crippen LogP contribution is 2.25. The molecule has 0 spiro atoms. The van der Waals surface area contributed by atoms with Crippen molar-refractivity contribution in [3.8, 4) is 0 Å². The summed E-state index contributed by atoms with van der Waals surface area (Å²) in [5.41, 5.74) is 0. The molecule has 2 rings (SSSR count). The fourth-order valence-electron chi connectivity index (χ4n) is 3.10. The molecule has 1 aromatic rings. The minimum absolute atomic E-state index is 0.631. The zero-order valence-electron chi connectivity index (χ0n) is 13.9. The lowest BCUT2D eigenvalue weighted by Crippen LogP contribution is -2.32. The van der Waals surface area contributed by atoms with Crippen molar-refractivity contribution in [1.82, 2.24) is 9.97 Å². The van der Waals surface area contributed by atoms with Crippen molar-refractivity contribution in [2.75, 3.05) is 23.8 Å². The van der Waals surface area contributed by atoms with Crippen molar-refractivity contribution in [2.45, 2.75) is 71.3 Å². The molecule has 21 heavy (non-hydrogen) atoms. The van der Waals surface area contributed by atoms with Crippen molar-refractivity contribution >= 4 is 11.6 Å². The van der Waals surface area contributed by atoms with Gasteiger partial charge in [-0.1, -0.05) is 32.6 Å². The van der Waals surface area contributed by atoms with Crippen LogP contribution in [0.2, 0.25) is 0 Å². The second kappa shape index (κ2) is 8.20. The van der Waals surface area contributed by atoms with E-state index in [0.717, 1.165) is 36.8 Å². The Kier molecular flexibility index (Phi) is 6.27. The van der Waals surface area contributed by atoms with Gasteiger partial charge in [0, 0.05) is 32.1 Å². The van der Waals surface area contributed by atoms with Gasteiger partial charge in [-0.2, -0.15) is 0 Å². The fourth-order valence-corrected chi connectivity index (χ4v) is 3.10. The van der Waals surface area contributed by atoms with Crippen molar-refractivity contribution in [1.29, 1.82) is 0 Å². The Labute approximate surface area is 129 Å². The van der Waals surface area contributed by atoms with Gasteiger partial charge in [-0.25, -0.2) is 9.97 Å². The molecule has 1 saturated carbocycles. The fraction of sp³-hybridized carbons (Fsp3) is 0.765. The first-order valence-electron chi connectivity index (χ1n) is 8.59. The van der Waals surface area contributed by atoms with Crippen molar-refractivity contribution in [3.05, 3.63) is 11.9 Å². The third-order valence-corrected chi connectivity index (χ3v) is 4.32.